The number of nitrogens with one attached hydrogen (secondary N) is 1. The van der Waals surface area contributed by atoms with E-state index < -0.39 is 11.7 Å². The van der Waals surface area contributed by atoms with Gasteiger partial charge in [0.1, 0.15) is 0 Å². The Labute approximate surface area is 128 Å². The lowest BCUT2D eigenvalue weighted by atomic mass is 10.0. The molecule has 1 aromatic carbocycles. The van der Waals surface area contributed by atoms with E-state index >= 15 is 0 Å². The lowest BCUT2D eigenvalue weighted by Crippen LogP contribution is -2.46. The second-order valence-electron chi connectivity index (χ2n) is 5.56. The van der Waals surface area contributed by atoms with Crippen molar-refractivity contribution in [1.29, 1.82) is 0 Å². The third kappa shape index (κ3) is 4.00. The Kier molecular flexibility index (Phi) is 5.45. The Hall–Kier alpha value is -1.56. The van der Waals surface area contributed by atoms with Gasteiger partial charge in [-0.05, 0) is 50.6 Å². The highest BCUT2D eigenvalue weighted by atomic mass is 19.4. The number of hydrogen-bond acceptors (Lipinski definition) is 2. The highest BCUT2D eigenvalue weighted by molar-refractivity contribution is 5.94. The zero-order valence-electron chi connectivity index (χ0n) is 12.6. The van der Waals surface area contributed by atoms with Gasteiger partial charge in [-0.2, -0.15) is 13.2 Å². The fourth-order valence-corrected chi connectivity index (χ4v) is 2.80. The van der Waals surface area contributed by atoms with Crippen LogP contribution < -0.4 is 5.32 Å². The van der Waals surface area contributed by atoms with Crippen molar-refractivity contribution in [2.24, 2.45) is 0 Å². The van der Waals surface area contributed by atoms with E-state index in [4.69, 9.17) is 0 Å². The van der Waals surface area contributed by atoms with E-state index in [1.54, 1.807) is 4.90 Å². The molecule has 0 spiro atoms. The molecule has 1 amide bonds. The molecular weight excluding hydrogens is 293 g/mol. The molecule has 0 atom stereocenters. The summed E-state index contributed by atoms with van der Waals surface area (Å²) < 4.78 is 38.4. The lowest BCUT2D eigenvalue weighted by molar-refractivity contribution is -0.137. The first-order chi connectivity index (χ1) is 10.4. The van der Waals surface area contributed by atoms with Gasteiger partial charge in [0.2, 0.25) is 0 Å². The van der Waals surface area contributed by atoms with E-state index in [1.165, 1.54) is 12.1 Å². The predicted molar refractivity (Wildman–Crippen MR) is 78.7 cm³/mol. The Balaban J connectivity index is 2.22. The van der Waals surface area contributed by atoms with Crippen molar-refractivity contribution in [2.75, 3.05) is 19.6 Å². The van der Waals surface area contributed by atoms with Crippen LogP contribution in [0.15, 0.2) is 24.3 Å². The van der Waals surface area contributed by atoms with Gasteiger partial charge in [0.25, 0.3) is 5.91 Å². The zero-order chi connectivity index (χ0) is 16.2. The average Bonchev–Trinajstić information content (AvgIpc) is 2.52. The fourth-order valence-electron chi connectivity index (χ4n) is 2.80. The maximum absolute atomic E-state index is 12.8. The van der Waals surface area contributed by atoms with Crippen molar-refractivity contribution < 1.29 is 18.0 Å². The molecule has 1 saturated heterocycles. The number of piperidine rings is 1. The van der Waals surface area contributed by atoms with Gasteiger partial charge in [-0.3, -0.25) is 4.79 Å². The van der Waals surface area contributed by atoms with Crippen molar-refractivity contribution in [3.63, 3.8) is 0 Å². The molecule has 2 rings (SSSR count). The quantitative estimate of drug-likeness (QED) is 0.925. The van der Waals surface area contributed by atoms with Gasteiger partial charge in [-0.15, -0.1) is 0 Å². The van der Waals surface area contributed by atoms with Gasteiger partial charge in [0, 0.05) is 18.2 Å². The van der Waals surface area contributed by atoms with Crippen molar-refractivity contribution in [3.8, 4) is 0 Å². The molecule has 0 radical (unpaired) electrons. The number of carbonyl (C=O) groups is 1. The Morgan fingerprint density at radius 3 is 2.59 bits per heavy atom. The van der Waals surface area contributed by atoms with Crippen LogP contribution in [0.4, 0.5) is 13.2 Å². The van der Waals surface area contributed by atoms with Crippen LogP contribution in [0.5, 0.6) is 0 Å². The van der Waals surface area contributed by atoms with E-state index in [0.717, 1.165) is 44.5 Å². The van der Waals surface area contributed by atoms with Crippen LogP contribution in [0.25, 0.3) is 0 Å². The van der Waals surface area contributed by atoms with Gasteiger partial charge in [0.15, 0.2) is 0 Å². The highest BCUT2D eigenvalue weighted by Crippen LogP contribution is 2.30. The second-order valence-corrected chi connectivity index (χ2v) is 5.56. The first-order valence-corrected chi connectivity index (χ1v) is 7.62. The van der Waals surface area contributed by atoms with E-state index in [0.29, 0.717) is 6.54 Å². The van der Waals surface area contributed by atoms with E-state index in [1.807, 2.05) is 6.92 Å². The van der Waals surface area contributed by atoms with Crippen LogP contribution in [0.3, 0.4) is 0 Å². The van der Waals surface area contributed by atoms with Crippen LogP contribution in [-0.4, -0.2) is 36.5 Å². The summed E-state index contributed by atoms with van der Waals surface area (Å²) in [5.74, 6) is -0.306. The molecule has 1 aliphatic rings. The first kappa shape index (κ1) is 16.8. The molecule has 0 aliphatic carbocycles. The van der Waals surface area contributed by atoms with E-state index in [9.17, 15) is 18.0 Å². The van der Waals surface area contributed by atoms with Crippen molar-refractivity contribution in [3.05, 3.63) is 35.4 Å². The number of alkyl halides is 3. The van der Waals surface area contributed by atoms with Crippen LogP contribution in [0.1, 0.15) is 42.1 Å². The molecule has 6 heteroatoms. The summed E-state index contributed by atoms with van der Waals surface area (Å²) >= 11 is 0. The second kappa shape index (κ2) is 7.13. The normalized spacial score (nSPS) is 16.5. The maximum Gasteiger partial charge on any atom is 0.416 e. The zero-order valence-corrected chi connectivity index (χ0v) is 12.6. The molecule has 1 aliphatic heterocycles. The molecule has 1 N–H and O–H groups in total. The Morgan fingerprint density at radius 1 is 1.32 bits per heavy atom. The highest BCUT2D eigenvalue weighted by Gasteiger charge is 2.32. The number of amides is 1. The number of nitrogens with zero attached hydrogens (tertiary/aromatic N) is 1. The number of hydrogen-bond donors (Lipinski definition) is 1. The smallest absolute Gasteiger partial charge is 0.336 e. The maximum atomic E-state index is 12.8. The Morgan fingerprint density at radius 2 is 2.00 bits per heavy atom. The monoisotopic (exact) mass is 314 g/mol. The number of benzene rings is 1. The van der Waals surface area contributed by atoms with Crippen LogP contribution >= 0.6 is 0 Å². The molecule has 0 unspecified atom stereocenters. The molecule has 22 heavy (non-hydrogen) atoms. The lowest BCUT2D eigenvalue weighted by Gasteiger charge is -2.34. The molecule has 122 valence electrons. The minimum Gasteiger partial charge on any atom is -0.336 e. The molecular formula is C16H21F3N2O. The minimum atomic E-state index is -4.43. The largest absolute Gasteiger partial charge is 0.416 e. The number of rotatable bonds is 4. The van der Waals surface area contributed by atoms with E-state index in [2.05, 4.69) is 5.32 Å². The van der Waals surface area contributed by atoms with Crippen molar-refractivity contribution >= 4 is 5.91 Å². The summed E-state index contributed by atoms with van der Waals surface area (Å²) in [5, 5.41) is 3.23. The van der Waals surface area contributed by atoms with E-state index in [-0.39, 0.29) is 17.5 Å². The summed E-state index contributed by atoms with van der Waals surface area (Å²) in [4.78, 5) is 14.4. The molecule has 0 aromatic heterocycles. The molecule has 3 nitrogen and oxygen atoms in total. The fraction of sp³-hybridized carbons (Fsp3) is 0.562. The summed E-state index contributed by atoms with van der Waals surface area (Å²) in [5.41, 5.74) is -0.665. The van der Waals surface area contributed by atoms with Crippen LogP contribution in [-0.2, 0) is 6.18 Å². The van der Waals surface area contributed by atoms with Crippen molar-refractivity contribution in [1.82, 2.24) is 10.2 Å². The first-order valence-electron chi connectivity index (χ1n) is 7.62. The van der Waals surface area contributed by atoms with Gasteiger partial charge < -0.3 is 10.2 Å². The molecule has 0 saturated carbocycles. The summed E-state index contributed by atoms with van der Waals surface area (Å²) in [6.07, 6.45) is -1.97. The van der Waals surface area contributed by atoms with Gasteiger partial charge in [-0.25, -0.2) is 0 Å². The molecule has 1 fully saturated rings. The van der Waals surface area contributed by atoms with Gasteiger partial charge in [-0.1, -0.05) is 13.0 Å². The van der Waals surface area contributed by atoms with Gasteiger partial charge in [0.05, 0.1) is 5.56 Å². The molecule has 0 bridgehead atoms. The standard InChI is InChI=1S/C16H21F3N2O/c1-2-10-21(14-6-8-20-9-7-14)15(22)12-4-3-5-13(11-12)16(17,18)19/h3-5,11,14,20H,2,6-10H2,1H3. The summed E-state index contributed by atoms with van der Waals surface area (Å²) in [6.45, 7) is 4.20. The number of carbonyl (C=O) groups excluding carboxylic acids is 1. The Bertz CT molecular complexity index is 510. The molecule has 1 heterocycles. The number of halogens is 3. The van der Waals surface area contributed by atoms with Crippen molar-refractivity contribution in [2.45, 2.75) is 38.4 Å². The summed E-state index contributed by atoms with van der Waals surface area (Å²) in [7, 11) is 0. The third-order valence-electron chi connectivity index (χ3n) is 3.91. The topological polar surface area (TPSA) is 32.3 Å². The summed E-state index contributed by atoms with van der Waals surface area (Å²) in [6, 6.07) is 4.80. The van der Waals surface area contributed by atoms with Gasteiger partial charge >= 0.3 is 6.18 Å². The third-order valence-corrected chi connectivity index (χ3v) is 3.91. The SMILES string of the molecule is CCCN(C(=O)c1cccc(C(F)(F)F)c1)C1CCNCC1. The predicted octanol–water partition coefficient (Wildman–Crippen LogP) is 3.31. The molecule has 1 aromatic rings. The van der Waals surface area contributed by atoms with Crippen LogP contribution in [0.2, 0.25) is 0 Å². The van der Waals surface area contributed by atoms with Crippen LogP contribution in [0, 0.1) is 0 Å². The minimum absolute atomic E-state index is 0.100. The average molecular weight is 314 g/mol.